The summed E-state index contributed by atoms with van der Waals surface area (Å²) in [5.74, 6) is 0.0631. The molecule has 0 aliphatic rings. The number of hydrogen-bond acceptors (Lipinski definition) is 6. The molecule has 2 aromatic carbocycles. The van der Waals surface area contributed by atoms with Crippen molar-refractivity contribution in [2.24, 2.45) is 7.05 Å². The van der Waals surface area contributed by atoms with Gasteiger partial charge in [-0.2, -0.15) is 18.3 Å². The molecule has 0 saturated carbocycles. The molecule has 0 aliphatic heterocycles. The Balaban J connectivity index is 1.50. The summed E-state index contributed by atoms with van der Waals surface area (Å²) in [6.07, 6.45) is -1.98. The zero-order valence-electron chi connectivity index (χ0n) is 16.6. The first-order valence-electron chi connectivity index (χ1n) is 9.26. The van der Waals surface area contributed by atoms with Gasteiger partial charge in [0.25, 0.3) is 0 Å². The number of anilines is 1. The van der Waals surface area contributed by atoms with Gasteiger partial charge in [0.05, 0.1) is 22.7 Å². The average molecular weight is 459 g/mol. The molecule has 0 unspecified atom stereocenters. The predicted molar refractivity (Wildman–Crippen MR) is 112 cm³/mol. The number of benzene rings is 2. The van der Waals surface area contributed by atoms with Crippen LogP contribution in [0.1, 0.15) is 5.56 Å². The minimum Gasteiger partial charge on any atom is -0.323 e. The van der Waals surface area contributed by atoms with Crippen LogP contribution in [0, 0.1) is 0 Å². The molecule has 0 fully saturated rings. The minimum atomic E-state index is -4.55. The molecule has 1 N–H and O–H groups in total. The molecule has 0 atom stereocenters. The van der Waals surface area contributed by atoms with Gasteiger partial charge in [-0.25, -0.2) is 9.67 Å². The fourth-order valence-electron chi connectivity index (χ4n) is 2.94. The van der Waals surface area contributed by atoms with E-state index in [9.17, 15) is 18.0 Å². The van der Waals surface area contributed by atoms with Crippen molar-refractivity contribution >= 4 is 23.4 Å². The molecule has 12 heteroatoms. The summed E-state index contributed by atoms with van der Waals surface area (Å²) in [7, 11) is 1.78. The number of carbonyl (C=O) groups excluding carboxylic acids is 1. The standard InChI is InChI=1S/C20H16F3N7OS/c1-29-18(13-5-3-2-4-6-13)27-28-19(29)32-10-17(31)26-15-9-14(20(21,22)23)7-8-16(15)30-12-24-11-25-30/h2-9,11-12H,10H2,1H3,(H,26,31). The molecule has 4 aromatic rings. The fraction of sp³-hybridized carbons (Fsp3) is 0.150. The third-order valence-corrected chi connectivity index (χ3v) is 5.48. The third kappa shape index (κ3) is 4.64. The van der Waals surface area contributed by atoms with E-state index < -0.39 is 17.6 Å². The van der Waals surface area contributed by atoms with Crippen LogP contribution < -0.4 is 5.32 Å². The normalized spacial score (nSPS) is 11.5. The van der Waals surface area contributed by atoms with Crippen LogP contribution in [0.3, 0.4) is 0 Å². The van der Waals surface area contributed by atoms with E-state index in [1.54, 1.807) is 11.6 Å². The lowest BCUT2D eigenvalue weighted by molar-refractivity contribution is -0.137. The van der Waals surface area contributed by atoms with E-state index in [1.165, 1.54) is 23.4 Å². The van der Waals surface area contributed by atoms with Crippen molar-refractivity contribution < 1.29 is 18.0 Å². The number of hydrogen-bond donors (Lipinski definition) is 1. The third-order valence-electron chi connectivity index (χ3n) is 4.46. The first kappa shape index (κ1) is 21.6. The van der Waals surface area contributed by atoms with Crippen molar-refractivity contribution in [3.8, 4) is 17.1 Å². The van der Waals surface area contributed by atoms with Crippen LogP contribution in [-0.2, 0) is 18.0 Å². The second-order valence-corrected chi connectivity index (χ2v) is 7.58. The smallest absolute Gasteiger partial charge is 0.323 e. The van der Waals surface area contributed by atoms with Gasteiger partial charge in [0.2, 0.25) is 5.91 Å². The number of carbonyl (C=O) groups is 1. The summed E-state index contributed by atoms with van der Waals surface area (Å²) in [5.41, 5.74) is 0.225. The number of alkyl halides is 3. The Morgan fingerprint density at radius 1 is 1.12 bits per heavy atom. The molecule has 2 heterocycles. The van der Waals surface area contributed by atoms with Crippen LogP contribution >= 0.6 is 11.8 Å². The molecule has 0 radical (unpaired) electrons. The lowest BCUT2D eigenvalue weighted by atomic mass is 10.1. The maximum absolute atomic E-state index is 13.2. The Kier molecular flexibility index (Phi) is 5.95. The molecule has 0 saturated heterocycles. The molecule has 2 aromatic heterocycles. The van der Waals surface area contributed by atoms with Crippen LogP contribution in [0.2, 0.25) is 0 Å². The highest BCUT2D eigenvalue weighted by molar-refractivity contribution is 7.99. The Hall–Kier alpha value is -3.67. The van der Waals surface area contributed by atoms with Crippen molar-refractivity contribution in [1.29, 1.82) is 0 Å². The van der Waals surface area contributed by atoms with Crippen LogP contribution in [0.4, 0.5) is 18.9 Å². The van der Waals surface area contributed by atoms with Gasteiger partial charge in [0.1, 0.15) is 12.7 Å². The van der Waals surface area contributed by atoms with E-state index in [-0.39, 0.29) is 17.1 Å². The highest BCUT2D eigenvalue weighted by atomic mass is 32.2. The lowest BCUT2D eigenvalue weighted by Gasteiger charge is -2.14. The summed E-state index contributed by atoms with van der Waals surface area (Å²) in [4.78, 5) is 16.3. The van der Waals surface area contributed by atoms with Gasteiger partial charge in [-0.05, 0) is 18.2 Å². The average Bonchev–Trinajstić information content (AvgIpc) is 3.42. The van der Waals surface area contributed by atoms with Gasteiger partial charge in [-0.15, -0.1) is 10.2 Å². The Labute approximate surface area is 184 Å². The highest BCUT2D eigenvalue weighted by Crippen LogP contribution is 2.33. The van der Waals surface area contributed by atoms with Crippen molar-refractivity contribution in [2.75, 3.05) is 11.1 Å². The minimum absolute atomic E-state index is 0.0288. The van der Waals surface area contributed by atoms with E-state index in [4.69, 9.17) is 0 Å². The number of thioether (sulfide) groups is 1. The lowest BCUT2D eigenvalue weighted by Crippen LogP contribution is -2.17. The van der Waals surface area contributed by atoms with Gasteiger partial charge in [0, 0.05) is 12.6 Å². The quantitative estimate of drug-likeness (QED) is 0.441. The molecule has 4 rings (SSSR count). The van der Waals surface area contributed by atoms with Crippen LogP contribution in [-0.4, -0.2) is 41.2 Å². The molecule has 1 amide bonds. The van der Waals surface area contributed by atoms with E-state index in [1.807, 2.05) is 30.3 Å². The van der Waals surface area contributed by atoms with Crippen molar-refractivity contribution in [1.82, 2.24) is 29.5 Å². The molecule has 164 valence electrons. The Morgan fingerprint density at radius 2 is 1.91 bits per heavy atom. The summed E-state index contributed by atoms with van der Waals surface area (Å²) in [6.45, 7) is 0. The summed E-state index contributed by atoms with van der Waals surface area (Å²) in [5, 5.41) is 15.2. The Morgan fingerprint density at radius 3 is 2.59 bits per heavy atom. The van der Waals surface area contributed by atoms with Crippen LogP contribution in [0.5, 0.6) is 0 Å². The van der Waals surface area contributed by atoms with E-state index in [0.717, 1.165) is 29.5 Å². The maximum Gasteiger partial charge on any atom is 0.416 e. The summed E-state index contributed by atoms with van der Waals surface area (Å²) in [6, 6.07) is 12.5. The molecule has 0 aliphatic carbocycles. The van der Waals surface area contributed by atoms with Crippen molar-refractivity contribution in [3.05, 3.63) is 66.7 Å². The van der Waals surface area contributed by atoms with Crippen LogP contribution in [0.15, 0.2) is 66.3 Å². The summed E-state index contributed by atoms with van der Waals surface area (Å²) >= 11 is 1.12. The van der Waals surface area contributed by atoms with E-state index in [2.05, 4.69) is 25.6 Å². The number of aromatic nitrogens is 6. The Bertz CT molecular complexity index is 1220. The molecular weight excluding hydrogens is 443 g/mol. The predicted octanol–water partition coefficient (Wildman–Crippen LogP) is 3.81. The number of rotatable bonds is 6. The second-order valence-electron chi connectivity index (χ2n) is 6.64. The summed E-state index contributed by atoms with van der Waals surface area (Å²) < 4.78 is 42.5. The van der Waals surface area contributed by atoms with Crippen molar-refractivity contribution in [2.45, 2.75) is 11.3 Å². The van der Waals surface area contributed by atoms with E-state index >= 15 is 0 Å². The number of nitrogens with one attached hydrogen (secondary N) is 1. The zero-order chi connectivity index (χ0) is 22.7. The number of amides is 1. The molecule has 0 spiro atoms. The molecule has 8 nitrogen and oxygen atoms in total. The SMILES string of the molecule is Cn1c(SCC(=O)Nc2cc(C(F)(F)F)ccc2-n2cncn2)nnc1-c1ccccc1. The largest absolute Gasteiger partial charge is 0.416 e. The second kappa shape index (κ2) is 8.83. The van der Waals surface area contributed by atoms with Gasteiger partial charge in [-0.3, -0.25) is 4.79 Å². The molecular formula is C20H16F3N7OS. The fourth-order valence-corrected chi connectivity index (χ4v) is 3.65. The monoisotopic (exact) mass is 459 g/mol. The van der Waals surface area contributed by atoms with Gasteiger partial charge in [0.15, 0.2) is 11.0 Å². The first-order chi connectivity index (χ1) is 15.3. The van der Waals surface area contributed by atoms with E-state index in [0.29, 0.717) is 11.0 Å². The van der Waals surface area contributed by atoms with Gasteiger partial charge in [-0.1, -0.05) is 42.1 Å². The van der Waals surface area contributed by atoms with Gasteiger partial charge < -0.3 is 9.88 Å². The highest BCUT2D eigenvalue weighted by Gasteiger charge is 2.31. The first-order valence-corrected chi connectivity index (χ1v) is 10.2. The molecule has 32 heavy (non-hydrogen) atoms. The topological polar surface area (TPSA) is 90.5 Å². The maximum atomic E-state index is 13.2. The zero-order valence-corrected chi connectivity index (χ0v) is 17.4. The van der Waals surface area contributed by atoms with Gasteiger partial charge >= 0.3 is 6.18 Å². The number of halogens is 3. The van der Waals surface area contributed by atoms with Crippen molar-refractivity contribution in [3.63, 3.8) is 0 Å². The molecule has 0 bridgehead atoms. The number of nitrogens with zero attached hydrogens (tertiary/aromatic N) is 6. The van der Waals surface area contributed by atoms with Crippen LogP contribution in [0.25, 0.3) is 17.1 Å².